The number of amides is 2. The van der Waals surface area contributed by atoms with Gasteiger partial charge >= 0.3 is 0 Å². The van der Waals surface area contributed by atoms with Crippen molar-refractivity contribution in [3.05, 3.63) is 53.6 Å². The highest BCUT2D eigenvalue weighted by molar-refractivity contribution is 7.89. The SMILES string of the molecule is CC1CC(=O)Nc2ccccc2N1C(=O)CN(C)S(=O)(=O)c1ccccc1Cl. The average molecular weight is 422 g/mol. The van der Waals surface area contributed by atoms with Crippen molar-refractivity contribution in [2.45, 2.75) is 24.3 Å². The number of hydrogen-bond donors (Lipinski definition) is 1. The molecule has 1 unspecified atom stereocenters. The van der Waals surface area contributed by atoms with Crippen LogP contribution in [0.4, 0.5) is 11.4 Å². The molecule has 1 aliphatic rings. The number of anilines is 2. The highest BCUT2D eigenvalue weighted by Crippen LogP contribution is 2.31. The van der Waals surface area contributed by atoms with Crippen LogP contribution < -0.4 is 10.2 Å². The van der Waals surface area contributed by atoms with Crippen LogP contribution in [0.3, 0.4) is 0 Å². The first-order chi connectivity index (χ1) is 13.2. The van der Waals surface area contributed by atoms with Crippen LogP contribution in [0.25, 0.3) is 0 Å². The second-order valence-corrected chi connectivity index (χ2v) is 8.99. The molecule has 28 heavy (non-hydrogen) atoms. The molecule has 1 N–H and O–H groups in total. The number of halogens is 1. The number of nitrogens with one attached hydrogen (secondary N) is 1. The molecule has 0 radical (unpaired) electrons. The molecular weight excluding hydrogens is 402 g/mol. The largest absolute Gasteiger partial charge is 0.324 e. The van der Waals surface area contributed by atoms with Crippen LogP contribution in [-0.2, 0) is 19.6 Å². The molecule has 1 aliphatic heterocycles. The predicted octanol–water partition coefficient (Wildman–Crippen LogP) is 2.72. The Balaban J connectivity index is 1.90. The summed E-state index contributed by atoms with van der Waals surface area (Å²) in [7, 11) is -2.62. The van der Waals surface area contributed by atoms with E-state index >= 15 is 0 Å². The van der Waals surface area contributed by atoms with E-state index in [9.17, 15) is 18.0 Å². The van der Waals surface area contributed by atoms with Gasteiger partial charge in [0.15, 0.2) is 0 Å². The second kappa shape index (κ2) is 7.90. The first-order valence-corrected chi connectivity index (χ1v) is 10.5. The summed E-state index contributed by atoms with van der Waals surface area (Å²) in [6.07, 6.45) is 0.112. The van der Waals surface area contributed by atoms with Crippen molar-refractivity contribution in [3.8, 4) is 0 Å². The summed E-state index contributed by atoms with van der Waals surface area (Å²) in [5.74, 6) is -0.637. The Bertz CT molecular complexity index is 1030. The molecule has 0 aliphatic carbocycles. The third kappa shape index (κ3) is 3.89. The summed E-state index contributed by atoms with van der Waals surface area (Å²) in [5, 5.41) is 2.86. The zero-order valence-corrected chi connectivity index (χ0v) is 17.0. The monoisotopic (exact) mass is 421 g/mol. The van der Waals surface area contributed by atoms with E-state index in [1.807, 2.05) is 0 Å². The molecular formula is C19H20ClN3O4S. The normalized spacial score (nSPS) is 17.1. The number of rotatable bonds is 4. The molecule has 2 amide bonds. The lowest BCUT2D eigenvalue weighted by atomic mass is 10.1. The van der Waals surface area contributed by atoms with E-state index in [0.717, 1.165) is 4.31 Å². The van der Waals surface area contributed by atoms with Gasteiger partial charge in [-0.2, -0.15) is 4.31 Å². The van der Waals surface area contributed by atoms with Crippen LogP contribution in [-0.4, -0.2) is 44.2 Å². The fraction of sp³-hybridized carbons (Fsp3) is 0.263. The van der Waals surface area contributed by atoms with E-state index in [4.69, 9.17) is 11.6 Å². The Morgan fingerprint density at radius 3 is 2.57 bits per heavy atom. The lowest BCUT2D eigenvalue weighted by Gasteiger charge is -2.29. The number of nitrogens with zero attached hydrogens (tertiary/aromatic N) is 2. The van der Waals surface area contributed by atoms with Gasteiger partial charge in [-0.3, -0.25) is 9.59 Å². The highest BCUT2D eigenvalue weighted by Gasteiger charge is 2.32. The summed E-state index contributed by atoms with van der Waals surface area (Å²) in [5.41, 5.74) is 1.05. The molecule has 9 heteroatoms. The van der Waals surface area contributed by atoms with Crippen molar-refractivity contribution in [2.24, 2.45) is 0 Å². The molecule has 0 saturated heterocycles. The molecule has 1 atom stereocenters. The number of fused-ring (bicyclic) bond motifs is 1. The van der Waals surface area contributed by atoms with E-state index in [0.29, 0.717) is 11.4 Å². The summed E-state index contributed by atoms with van der Waals surface area (Å²) < 4.78 is 26.6. The molecule has 148 valence electrons. The zero-order valence-electron chi connectivity index (χ0n) is 15.4. The first-order valence-electron chi connectivity index (χ1n) is 8.63. The van der Waals surface area contributed by atoms with Gasteiger partial charge in [0, 0.05) is 19.5 Å². The number of para-hydroxylation sites is 2. The van der Waals surface area contributed by atoms with Crippen molar-refractivity contribution >= 4 is 44.8 Å². The van der Waals surface area contributed by atoms with Gasteiger partial charge in [0.05, 0.1) is 22.9 Å². The number of carbonyl (C=O) groups excluding carboxylic acids is 2. The van der Waals surface area contributed by atoms with Gasteiger partial charge in [-0.1, -0.05) is 35.9 Å². The summed E-state index contributed by atoms with van der Waals surface area (Å²) in [6.45, 7) is 1.36. The maximum absolute atomic E-state index is 13.1. The quantitative estimate of drug-likeness (QED) is 0.822. The summed E-state index contributed by atoms with van der Waals surface area (Å²) >= 11 is 6.02. The fourth-order valence-electron chi connectivity index (χ4n) is 3.14. The third-order valence-electron chi connectivity index (χ3n) is 4.51. The standard InChI is InChI=1S/C19H20ClN3O4S/c1-13-11-18(24)21-15-8-4-5-9-16(15)23(13)19(25)12-22(2)28(26,27)17-10-6-3-7-14(17)20/h3-10,13H,11-12H2,1-2H3,(H,21,24). The number of likely N-dealkylation sites (N-methyl/N-ethyl adjacent to an activating group) is 1. The van der Waals surface area contributed by atoms with Crippen LogP contribution in [0.2, 0.25) is 5.02 Å². The predicted molar refractivity (Wildman–Crippen MR) is 108 cm³/mol. The molecule has 2 aromatic rings. The van der Waals surface area contributed by atoms with Crippen molar-refractivity contribution in [1.82, 2.24) is 4.31 Å². The minimum atomic E-state index is -3.95. The molecule has 0 aromatic heterocycles. The molecule has 0 bridgehead atoms. The summed E-state index contributed by atoms with van der Waals surface area (Å²) in [6, 6.07) is 12.6. The minimum Gasteiger partial charge on any atom is -0.324 e. The van der Waals surface area contributed by atoms with Crippen LogP contribution in [0.1, 0.15) is 13.3 Å². The van der Waals surface area contributed by atoms with Crippen LogP contribution in [0, 0.1) is 0 Å². The van der Waals surface area contributed by atoms with Crippen LogP contribution in [0.15, 0.2) is 53.4 Å². The average Bonchev–Trinajstić information content (AvgIpc) is 2.75. The molecule has 0 fully saturated rings. The topological polar surface area (TPSA) is 86.8 Å². The number of sulfonamides is 1. The molecule has 2 aromatic carbocycles. The number of hydrogen-bond acceptors (Lipinski definition) is 4. The van der Waals surface area contributed by atoms with E-state index in [-0.39, 0.29) is 28.8 Å². The van der Waals surface area contributed by atoms with Gasteiger partial charge in [-0.15, -0.1) is 0 Å². The van der Waals surface area contributed by atoms with Crippen molar-refractivity contribution in [1.29, 1.82) is 0 Å². The van der Waals surface area contributed by atoms with Gasteiger partial charge in [-0.05, 0) is 31.2 Å². The molecule has 7 nitrogen and oxygen atoms in total. The van der Waals surface area contributed by atoms with Gasteiger partial charge < -0.3 is 10.2 Å². The van der Waals surface area contributed by atoms with E-state index < -0.39 is 22.0 Å². The highest BCUT2D eigenvalue weighted by atomic mass is 35.5. The van der Waals surface area contributed by atoms with Gasteiger partial charge in [0.2, 0.25) is 21.8 Å². The van der Waals surface area contributed by atoms with Crippen molar-refractivity contribution < 1.29 is 18.0 Å². The van der Waals surface area contributed by atoms with Crippen molar-refractivity contribution in [3.63, 3.8) is 0 Å². The Morgan fingerprint density at radius 1 is 1.21 bits per heavy atom. The zero-order chi connectivity index (χ0) is 20.5. The molecule has 1 heterocycles. The lowest BCUT2D eigenvalue weighted by molar-refractivity contribution is -0.119. The van der Waals surface area contributed by atoms with Gasteiger partial charge in [-0.25, -0.2) is 8.42 Å². The maximum atomic E-state index is 13.1. The molecule has 3 rings (SSSR count). The second-order valence-electron chi connectivity index (χ2n) is 6.57. The number of carbonyl (C=O) groups is 2. The fourth-order valence-corrected chi connectivity index (χ4v) is 4.75. The minimum absolute atomic E-state index is 0.0619. The van der Waals surface area contributed by atoms with Crippen LogP contribution >= 0.6 is 11.6 Å². The van der Waals surface area contributed by atoms with E-state index in [2.05, 4.69) is 5.32 Å². The van der Waals surface area contributed by atoms with Crippen molar-refractivity contribution in [2.75, 3.05) is 23.8 Å². The Labute approximate surface area is 168 Å². The number of benzene rings is 2. The Kier molecular flexibility index (Phi) is 5.74. The van der Waals surface area contributed by atoms with E-state index in [1.165, 1.54) is 24.1 Å². The van der Waals surface area contributed by atoms with Gasteiger partial charge in [0.1, 0.15) is 4.90 Å². The smallest absolute Gasteiger partial charge is 0.244 e. The first kappa shape index (κ1) is 20.3. The molecule has 0 spiro atoms. The summed E-state index contributed by atoms with van der Waals surface area (Å²) in [4.78, 5) is 26.5. The maximum Gasteiger partial charge on any atom is 0.244 e. The Morgan fingerprint density at radius 2 is 1.86 bits per heavy atom. The van der Waals surface area contributed by atoms with Gasteiger partial charge in [0.25, 0.3) is 0 Å². The lowest BCUT2D eigenvalue weighted by Crippen LogP contribution is -2.45. The third-order valence-corrected chi connectivity index (χ3v) is 6.81. The Hall–Kier alpha value is -2.42. The molecule has 0 saturated carbocycles. The van der Waals surface area contributed by atoms with E-state index in [1.54, 1.807) is 43.3 Å². The van der Waals surface area contributed by atoms with Crippen LogP contribution in [0.5, 0.6) is 0 Å².